The predicted octanol–water partition coefficient (Wildman–Crippen LogP) is 2.49. The van der Waals surface area contributed by atoms with E-state index in [-0.39, 0.29) is 10.5 Å². The van der Waals surface area contributed by atoms with Gasteiger partial charge in [-0.05, 0) is 62.7 Å². The molecule has 0 spiro atoms. The van der Waals surface area contributed by atoms with Gasteiger partial charge < -0.3 is 14.8 Å². The van der Waals surface area contributed by atoms with Gasteiger partial charge in [0.15, 0.2) is 6.10 Å². The van der Waals surface area contributed by atoms with E-state index in [9.17, 15) is 18.0 Å². The Labute approximate surface area is 170 Å². The Balaban J connectivity index is 2.24. The van der Waals surface area contributed by atoms with Crippen molar-refractivity contribution in [3.63, 3.8) is 0 Å². The lowest BCUT2D eigenvalue weighted by Gasteiger charge is -2.14. The number of nitrogens with one attached hydrogen (secondary N) is 2. The van der Waals surface area contributed by atoms with E-state index in [1.165, 1.54) is 32.2 Å². The van der Waals surface area contributed by atoms with E-state index in [1.54, 1.807) is 38.1 Å². The van der Waals surface area contributed by atoms with Crippen molar-refractivity contribution in [1.29, 1.82) is 0 Å². The van der Waals surface area contributed by atoms with Crippen molar-refractivity contribution in [2.24, 2.45) is 0 Å². The summed E-state index contributed by atoms with van der Waals surface area (Å²) < 4.78 is 38.3. The number of hydrogen-bond acceptors (Lipinski definition) is 6. The van der Waals surface area contributed by atoms with Crippen LogP contribution in [0.2, 0.25) is 0 Å². The van der Waals surface area contributed by atoms with Crippen LogP contribution in [0.3, 0.4) is 0 Å². The quantitative estimate of drug-likeness (QED) is 0.635. The number of hydrogen-bond donors (Lipinski definition) is 2. The Kier molecular flexibility index (Phi) is 7.22. The number of methoxy groups -OCH3 is 1. The Hall–Kier alpha value is -3.07. The molecule has 0 radical (unpaired) electrons. The number of carbonyl (C=O) groups excluding carboxylic acids is 2. The van der Waals surface area contributed by atoms with Crippen molar-refractivity contribution >= 4 is 27.6 Å². The fourth-order valence-corrected chi connectivity index (χ4v) is 3.82. The number of esters is 1. The zero-order valence-corrected chi connectivity index (χ0v) is 17.5. The fraction of sp³-hybridized carbons (Fsp3) is 0.300. The Morgan fingerprint density at radius 2 is 1.76 bits per heavy atom. The number of likely N-dealkylation sites (N-methyl/N-ethyl adjacent to an activating group) is 1. The predicted molar refractivity (Wildman–Crippen MR) is 109 cm³/mol. The lowest BCUT2D eigenvalue weighted by molar-refractivity contribution is -0.128. The van der Waals surface area contributed by atoms with Gasteiger partial charge in [0, 0.05) is 12.2 Å². The van der Waals surface area contributed by atoms with Gasteiger partial charge in [-0.2, -0.15) is 0 Å². The molecule has 156 valence electrons. The van der Waals surface area contributed by atoms with Gasteiger partial charge in [-0.1, -0.05) is 6.07 Å². The molecule has 0 saturated carbocycles. The summed E-state index contributed by atoms with van der Waals surface area (Å²) in [5.74, 6) is -0.623. The van der Waals surface area contributed by atoms with Crippen molar-refractivity contribution in [2.75, 3.05) is 18.4 Å². The number of sulfonamides is 1. The highest BCUT2D eigenvalue weighted by atomic mass is 32.2. The summed E-state index contributed by atoms with van der Waals surface area (Å²) in [6, 6.07) is 10.6. The summed E-state index contributed by atoms with van der Waals surface area (Å²) in [4.78, 5) is 24.0. The minimum Gasteiger partial charge on any atom is -0.497 e. The molecule has 0 bridgehead atoms. The van der Waals surface area contributed by atoms with Crippen molar-refractivity contribution in [3.8, 4) is 5.75 Å². The van der Waals surface area contributed by atoms with E-state index in [0.717, 1.165) is 0 Å². The monoisotopic (exact) mass is 420 g/mol. The van der Waals surface area contributed by atoms with E-state index in [0.29, 0.717) is 23.5 Å². The van der Waals surface area contributed by atoms with E-state index < -0.39 is 28.0 Å². The maximum atomic E-state index is 12.8. The zero-order chi connectivity index (χ0) is 21.6. The number of rotatable bonds is 8. The van der Waals surface area contributed by atoms with Gasteiger partial charge in [-0.3, -0.25) is 9.52 Å². The second-order valence-electron chi connectivity index (χ2n) is 6.26. The molecule has 2 aromatic rings. The first-order valence-electron chi connectivity index (χ1n) is 8.94. The fourth-order valence-electron chi connectivity index (χ4n) is 2.49. The molecule has 0 aliphatic carbocycles. The molecular formula is C20H24N2O6S. The third-order valence-electron chi connectivity index (χ3n) is 4.06. The third kappa shape index (κ3) is 5.71. The molecule has 1 amide bonds. The number of benzene rings is 2. The molecule has 8 nitrogen and oxygen atoms in total. The molecule has 0 fully saturated rings. The van der Waals surface area contributed by atoms with Crippen LogP contribution < -0.4 is 14.8 Å². The van der Waals surface area contributed by atoms with Crippen LogP contribution in [0.1, 0.15) is 29.8 Å². The summed E-state index contributed by atoms with van der Waals surface area (Å²) >= 11 is 0. The molecular weight excluding hydrogens is 396 g/mol. The normalized spacial score (nSPS) is 12.0. The second kappa shape index (κ2) is 9.42. The van der Waals surface area contributed by atoms with Gasteiger partial charge in [0.2, 0.25) is 0 Å². The maximum Gasteiger partial charge on any atom is 0.338 e. The number of amides is 1. The van der Waals surface area contributed by atoms with Crippen LogP contribution in [0.5, 0.6) is 5.75 Å². The SMILES string of the molecule is CCNC(=O)[C@H](C)OC(=O)c1ccc(C)c(S(=O)(=O)Nc2ccc(OC)cc2)c1. The van der Waals surface area contributed by atoms with Gasteiger partial charge in [-0.15, -0.1) is 0 Å². The molecule has 0 saturated heterocycles. The highest BCUT2D eigenvalue weighted by molar-refractivity contribution is 7.92. The third-order valence-corrected chi connectivity index (χ3v) is 5.58. The van der Waals surface area contributed by atoms with Crippen LogP contribution in [0.4, 0.5) is 5.69 Å². The minimum atomic E-state index is -3.95. The van der Waals surface area contributed by atoms with E-state index >= 15 is 0 Å². The van der Waals surface area contributed by atoms with Crippen molar-refractivity contribution in [1.82, 2.24) is 5.32 Å². The second-order valence-corrected chi connectivity index (χ2v) is 7.91. The molecule has 0 aromatic heterocycles. The van der Waals surface area contributed by atoms with Crippen LogP contribution in [0, 0.1) is 6.92 Å². The van der Waals surface area contributed by atoms with Crippen LogP contribution in [0.25, 0.3) is 0 Å². The first kappa shape index (κ1) is 22.2. The number of ether oxygens (including phenoxy) is 2. The number of carbonyl (C=O) groups is 2. The van der Waals surface area contributed by atoms with Crippen LogP contribution in [-0.2, 0) is 19.6 Å². The van der Waals surface area contributed by atoms with Crippen LogP contribution in [-0.4, -0.2) is 40.1 Å². The van der Waals surface area contributed by atoms with Gasteiger partial charge in [0.25, 0.3) is 15.9 Å². The topological polar surface area (TPSA) is 111 Å². The molecule has 2 rings (SSSR count). The molecule has 0 heterocycles. The van der Waals surface area contributed by atoms with E-state index in [2.05, 4.69) is 10.0 Å². The summed E-state index contributed by atoms with van der Waals surface area (Å²) in [7, 11) is -2.44. The standard InChI is InChI=1S/C20H24N2O6S/c1-5-21-19(23)14(3)28-20(24)15-7-6-13(2)18(12-15)29(25,26)22-16-8-10-17(27-4)11-9-16/h6-12,14,22H,5H2,1-4H3,(H,21,23)/t14-/m0/s1. The minimum absolute atomic E-state index is 0.0295. The molecule has 0 unspecified atom stereocenters. The summed E-state index contributed by atoms with van der Waals surface area (Å²) in [5.41, 5.74) is 0.837. The molecule has 29 heavy (non-hydrogen) atoms. The Morgan fingerprint density at radius 3 is 2.34 bits per heavy atom. The molecule has 0 aliphatic heterocycles. The number of anilines is 1. The molecule has 1 atom stereocenters. The lowest BCUT2D eigenvalue weighted by Crippen LogP contribution is -2.35. The van der Waals surface area contributed by atoms with Gasteiger partial charge >= 0.3 is 5.97 Å². The van der Waals surface area contributed by atoms with E-state index in [1.807, 2.05) is 0 Å². The maximum absolute atomic E-state index is 12.8. The average molecular weight is 420 g/mol. The Bertz CT molecular complexity index is 987. The van der Waals surface area contributed by atoms with Crippen LogP contribution in [0.15, 0.2) is 47.4 Å². The van der Waals surface area contributed by atoms with Crippen LogP contribution >= 0.6 is 0 Å². The zero-order valence-electron chi connectivity index (χ0n) is 16.7. The first-order chi connectivity index (χ1) is 13.7. The van der Waals surface area contributed by atoms with Gasteiger partial charge in [-0.25, -0.2) is 13.2 Å². The van der Waals surface area contributed by atoms with Gasteiger partial charge in [0.05, 0.1) is 17.6 Å². The molecule has 2 N–H and O–H groups in total. The van der Waals surface area contributed by atoms with Crippen molar-refractivity contribution < 1.29 is 27.5 Å². The molecule has 9 heteroatoms. The first-order valence-corrected chi connectivity index (χ1v) is 10.4. The molecule has 0 aliphatic rings. The largest absolute Gasteiger partial charge is 0.497 e. The molecule has 2 aromatic carbocycles. The summed E-state index contributed by atoms with van der Waals surface area (Å²) in [6.45, 7) is 5.22. The summed E-state index contributed by atoms with van der Waals surface area (Å²) in [5, 5.41) is 2.55. The summed E-state index contributed by atoms with van der Waals surface area (Å²) in [6.07, 6.45) is -0.999. The number of aryl methyl sites for hydroxylation is 1. The van der Waals surface area contributed by atoms with Gasteiger partial charge in [0.1, 0.15) is 5.75 Å². The highest BCUT2D eigenvalue weighted by Crippen LogP contribution is 2.23. The smallest absolute Gasteiger partial charge is 0.338 e. The van der Waals surface area contributed by atoms with E-state index in [4.69, 9.17) is 9.47 Å². The van der Waals surface area contributed by atoms with Crippen molar-refractivity contribution in [3.05, 3.63) is 53.6 Å². The highest BCUT2D eigenvalue weighted by Gasteiger charge is 2.22. The van der Waals surface area contributed by atoms with Crippen molar-refractivity contribution in [2.45, 2.75) is 31.8 Å². The average Bonchev–Trinajstić information content (AvgIpc) is 2.68. The lowest BCUT2D eigenvalue weighted by atomic mass is 10.1. The Morgan fingerprint density at radius 1 is 1.10 bits per heavy atom.